The van der Waals surface area contributed by atoms with E-state index in [9.17, 15) is 14.4 Å². The summed E-state index contributed by atoms with van der Waals surface area (Å²) in [5, 5.41) is 5.15. The first-order valence-electron chi connectivity index (χ1n) is 11.7. The van der Waals surface area contributed by atoms with Crippen LogP contribution in [0.4, 0.5) is 25.4 Å². The molecule has 0 saturated carbocycles. The number of amides is 4. The van der Waals surface area contributed by atoms with E-state index in [0.29, 0.717) is 24.3 Å². The number of aryl methyl sites for hydroxylation is 1. The van der Waals surface area contributed by atoms with Crippen molar-refractivity contribution in [3.8, 4) is 0 Å². The van der Waals surface area contributed by atoms with E-state index in [-0.39, 0.29) is 30.9 Å². The molecule has 2 aromatic rings. The number of nitrogens with one attached hydrogen (secondary N) is 2. The van der Waals surface area contributed by atoms with Gasteiger partial charge in [0.05, 0.1) is 23.7 Å². The number of benzene rings is 1. The highest BCUT2D eigenvalue weighted by Crippen LogP contribution is 2.22. The molecule has 0 bridgehead atoms. The quantitative estimate of drug-likeness (QED) is 0.590. The molecule has 0 unspecified atom stereocenters. The second-order valence-electron chi connectivity index (χ2n) is 9.15. The van der Waals surface area contributed by atoms with Crippen LogP contribution >= 0.6 is 0 Å². The zero-order valence-electron chi connectivity index (χ0n) is 21.2. The summed E-state index contributed by atoms with van der Waals surface area (Å²) in [6.07, 6.45) is 1.19. The molecular formula is C25H33FN6O4. The molecule has 1 aromatic carbocycles. The minimum Gasteiger partial charge on any atom is -0.461 e. The fourth-order valence-corrected chi connectivity index (χ4v) is 3.85. The Morgan fingerprint density at radius 3 is 2.56 bits per heavy atom. The van der Waals surface area contributed by atoms with Crippen LogP contribution in [0.25, 0.3) is 0 Å². The van der Waals surface area contributed by atoms with Crippen LogP contribution in [-0.2, 0) is 16.1 Å². The summed E-state index contributed by atoms with van der Waals surface area (Å²) in [5.74, 6) is -1.06. The molecule has 3 rings (SSSR count). The van der Waals surface area contributed by atoms with Crippen LogP contribution in [0, 0.1) is 12.7 Å². The Balaban J connectivity index is 1.70. The summed E-state index contributed by atoms with van der Waals surface area (Å²) in [7, 11) is 3.25. The number of rotatable bonds is 6. The van der Waals surface area contributed by atoms with Crippen molar-refractivity contribution in [3.05, 3.63) is 53.6 Å². The van der Waals surface area contributed by atoms with Crippen LogP contribution in [-0.4, -0.2) is 83.6 Å². The van der Waals surface area contributed by atoms with Crippen LogP contribution in [0.15, 0.2) is 36.5 Å². The van der Waals surface area contributed by atoms with Crippen LogP contribution in [0.3, 0.4) is 0 Å². The molecule has 0 aliphatic carbocycles. The first-order chi connectivity index (χ1) is 17.0. The second kappa shape index (κ2) is 11.8. The number of carbonyl (C=O) groups is 3. The molecule has 0 spiro atoms. The minimum absolute atomic E-state index is 0.0299. The zero-order valence-corrected chi connectivity index (χ0v) is 21.2. The van der Waals surface area contributed by atoms with Crippen molar-refractivity contribution in [3.63, 3.8) is 0 Å². The lowest BCUT2D eigenvalue weighted by molar-refractivity contribution is -0.155. The van der Waals surface area contributed by atoms with Gasteiger partial charge in [0.2, 0.25) is 0 Å². The molecule has 2 N–H and O–H groups in total. The predicted molar refractivity (Wildman–Crippen MR) is 134 cm³/mol. The molecule has 11 heteroatoms. The lowest BCUT2D eigenvalue weighted by Crippen LogP contribution is -2.60. The summed E-state index contributed by atoms with van der Waals surface area (Å²) in [5.41, 5.74) is 1.68. The van der Waals surface area contributed by atoms with E-state index in [4.69, 9.17) is 4.74 Å². The number of anilines is 2. The summed E-state index contributed by atoms with van der Waals surface area (Å²) < 4.78 is 20.7. The van der Waals surface area contributed by atoms with Gasteiger partial charge in [-0.25, -0.2) is 18.8 Å². The van der Waals surface area contributed by atoms with Gasteiger partial charge < -0.3 is 25.2 Å². The number of piperazine rings is 1. The number of hydrogen-bond donors (Lipinski definition) is 2. The molecule has 2 heterocycles. The minimum atomic E-state index is -0.811. The number of nitrogens with zero attached hydrogens (tertiary/aromatic N) is 4. The average Bonchev–Trinajstić information content (AvgIpc) is 2.82. The smallest absolute Gasteiger partial charge is 0.330 e. The van der Waals surface area contributed by atoms with Gasteiger partial charge in [-0.2, -0.15) is 0 Å². The van der Waals surface area contributed by atoms with Crippen molar-refractivity contribution in [2.24, 2.45) is 0 Å². The van der Waals surface area contributed by atoms with E-state index in [2.05, 4.69) is 15.6 Å². The zero-order chi connectivity index (χ0) is 26.4. The summed E-state index contributed by atoms with van der Waals surface area (Å²) >= 11 is 0. The predicted octanol–water partition coefficient (Wildman–Crippen LogP) is 3.29. The number of carbonyl (C=O) groups excluding carboxylic acids is 3. The Morgan fingerprint density at radius 2 is 1.92 bits per heavy atom. The Kier molecular flexibility index (Phi) is 8.81. The van der Waals surface area contributed by atoms with Gasteiger partial charge in [0, 0.05) is 51.5 Å². The molecule has 1 aromatic heterocycles. The van der Waals surface area contributed by atoms with Crippen LogP contribution in [0.2, 0.25) is 0 Å². The van der Waals surface area contributed by atoms with Crippen molar-refractivity contribution in [2.75, 3.05) is 44.4 Å². The van der Waals surface area contributed by atoms with Crippen molar-refractivity contribution in [2.45, 2.75) is 39.5 Å². The maximum atomic E-state index is 15.3. The third-order valence-corrected chi connectivity index (χ3v) is 5.61. The van der Waals surface area contributed by atoms with E-state index >= 15 is 4.39 Å². The fourth-order valence-electron chi connectivity index (χ4n) is 3.85. The second-order valence-corrected chi connectivity index (χ2v) is 9.15. The van der Waals surface area contributed by atoms with Crippen molar-refractivity contribution < 1.29 is 23.5 Å². The molecule has 1 aliphatic heterocycles. The monoisotopic (exact) mass is 500 g/mol. The molecule has 1 atom stereocenters. The van der Waals surface area contributed by atoms with E-state index in [1.54, 1.807) is 52.2 Å². The Morgan fingerprint density at radius 1 is 1.17 bits per heavy atom. The maximum Gasteiger partial charge on any atom is 0.330 e. The number of urea groups is 2. The number of aromatic nitrogens is 1. The number of pyridine rings is 1. The number of halogens is 1. The average molecular weight is 501 g/mol. The van der Waals surface area contributed by atoms with E-state index in [1.165, 1.54) is 22.1 Å². The largest absolute Gasteiger partial charge is 0.461 e. The first-order valence-corrected chi connectivity index (χ1v) is 11.7. The Labute approximate surface area is 210 Å². The van der Waals surface area contributed by atoms with Gasteiger partial charge >= 0.3 is 18.0 Å². The number of ether oxygens (including phenoxy) is 1. The Hall–Kier alpha value is -3.73. The van der Waals surface area contributed by atoms with Gasteiger partial charge in [-0.15, -0.1) is 0 Å². The highest BCUT2D eigenvalue weighted by atomic mass is 19.1. The van der Waals surface area contributed by atoms with E-state index in [0.717, 1.165) is 5.69 Å². The molecule has 36 heavy (non-hydrogen) atoms. The van der Waals surface area contributed by atoms with Gasteiger partial charge in [0.25, 0.3) is 0 Å². The molecule has 4 amide bonds. The van der Waals surface area contributed by atoms with Gasteiger partial charge in [-0.05, 0) is 39.0 Å². The van der Waals surface area contributed by atoms with Gasteiger partial charge in [-0.3, -0.25) is 9.88 Å². The highest BCUT2D eigenvalue weighted by molar-refractivity contribution is 5.99. The standard InChI is InChI=1S/C25H33FN6O4/c1-16(2)36-23(33)21-15-31(11-12-32(21)25(35)30(4)5)14-18-7-6-8-20(22(18)26)29-24(34)28-19-10-9-17(3)27-13-19/h6-10,13,16,21H,11-12,14-15H2,1-5H3,(H2,28,29,34)/t21-/m0/s1. The van der Waals surface area contributed by atoms with Gasteiger partial charge in [-0.1, -0.05) is 12.1 Å². The summed E-state index contributed by atoms with van der Waals surface area (Å²) in [4.78, 5) is 46.7. The van der Waals surface area contributed by atoms with Crippen molar-refractivity contribution in [1.29, 1.82) is 0 Å². The molecule has 10 nitrogen and oxygen atoms in total. The van der Waals surface area contributed by atoms with Crippen molar-refractivity contribution >= 4 is 29.4 Å². The van der Waals surface area contributed by atoms with Gasteiger partial charge in [0.1, 0.15) is 6.04 Å². The third kappa shape index (κ3) is 6.91. The molecule has 194 valence electrons. The molecule has 0 radical (unpaired) electrons. The number of esters is 1. The van der Waals surface area contributed by atoms with E-state index < -0.39 is 23.9 Å². The Bertz CT molecular complexity index is 1090. The van der Waals surface area contributed by atoms with Gasteiger partial charge in [0.15, 0.2) is 5.82 Å². The van der Waals surface area contributed by atoms with Crippen LogP contribution in [0.5, 0.6) is 0 Å². The normalized spacial score (nSPS) is 16.0. The summed E-state index contributed by atoms with van der Waals surface area (Å²) in [6, 6.07) is 6.52. The highest BCUT2D eigenvalue weighted by Gasteiger charge is 2.37. The van der Waals surface area contributed by atoms with E-state index in [1.807, 2.05) is 11.8 Å². The third-order valence-electron chi connectivity index (χ3n) is 5.61. The topological polar surface area (TPSA) is 107 Å². The maximum absolute atomic E-state index is 15.3. The molecule has 1 saturated heterocycles. The van der Waals surface area contributed by atoms with Crippen molar-refractivity contribution in [1.82, 2.24) is 19.7 Å². The molecular weight excluding hydrogens is 467 g/mol. The van der Waals surface area contributed by atoms with Crippen LogP contribution in [0.1, 0.15) is 25.1 Å². The molecule has 1 aliphatic rings. The molecule has 1 fully saturated rings. The lowest BCUT2D eigenvalue weighted by atomic mass is 10.1. The van der Waals surface area contributed by atoms with Crippen LogP contribution < -0.4 is 10.6 Å². The number of hydrogen-bond acceptors (Lipinski definition) is 6. The first kappa shape index (κ1) is 26.9. The SMILES string of the molecule is Cc1ccc(NC(=O)Nc2cccc(CN3CCN(C(=O)N(C)C)[C@H](C(=O)OC(C)C)C3)c2F)cn1. The fraction of sp³-hybridized carbons (Fsp3) is 0.440. The lowest BCUT2D eigenvalue weighted by Gasteiger charge is -2.41. The summed E-state index contributed by atoms with van der Waals surface area (Å²) in [6.45, 7) is 6.46.